The molecule has 0 aromatic rings. The standard InChI is InChI=1S/C13H17NO4/c1-7(2)13(17)18-14-11(15)9-6-4-5-8(3)10(9)12(14)16/h8-10H,1,4-6H2,2-3H3. The molecular formula is C13H17NO4. The predicted octanol–water partition coefficient (Wildman–Crippen LogP) is 1.44. The second kappa shape index (κ2) is 4.55. The van der Waals surface area contributed by atoms with E-state index < -0.39 is 5.97 Å². The van der Waals surface area contributed by atoms with Gasteiger partial charge in [0.1, 0.15) is 0 Å². The molecule has 0 spiro atoms. The van der Waals surface area contributed by atoms with Crippen molar-refractivity contribution >= 4 is 17.8 Å². The molecule has 0 N–H and O–H groups in total. The van der Waals surface area contributed by atoms with E-state index in [0.717, 1.165) is 12.8 Å². The third-order valence-electron chi connectivity index (χ3n) is 3.75. The second-order valence-electron chi connectivity index (χ2n) is 5.17. The van der Waals surface area contributed by atoms with Gasteiger partial charge in [-0.3, -0.25) is 9.59 Å². The van der Waals surface area contributed by atoms with Gasteiger partial charge >= 0.3 is 5.97 Å². The summed E-state index contributed by atoms with van der Waals surface area (Å²) in [5.74, 6) is -1.99. The Labute approximate surface area is 106 Å². The first-order valence-electron chi connectivity index (χ1n) is 6.19. The average Bonchev–Trinajstić information content (AvgIpc) is 2.55. The number of amides is 2. The number of rotatable bonds is 2. The maximum absolute atomic E-state index is 12.1. The monoisotopic (exact) mass is 251 g/mol. The van der Waals surface area contributed by atoms with Crippen LogP contribution in [0, 0.1) is 17.8 Å². The van der Waals surface area contributed by atoms with Crippen LogP contribution in [0.25, 0.3) is 0 Å². The van der Waals surface area contributed by atoms with Crippen molar-refractivity contribution in [3.63, 3.8) is 0 Å². The number of carbonyl (C=O) groups is 3. The van der Waals surface area contributed by atoms with Gasteiger partial charge in [-0.25, -0.2) is 4.79 Å². The van der Waals surface area contributed by atoms with Crippen molar-refractivity contribution in [2.75, 3.05) is 0 Å². The molecular weight excluding hydrogens is 234 g/mol. The van der Waals surface area contributed by atoms with Crippen molar-refractivity contribution in [3.05, 3.63) is 12.2 Å². The van der Waals surface area contributed by atoms with E-state index in [1.807, 2.05) is 6.92 Å². The summed E-state index contributed by atoms with van der Waals surface area (Å²) in [7, 11) is 0. The number of hydrogen-bond acceptors (Lipinski definition) is 4. The molecule has 1 heterocycles. The zero-order valence-electron chi connectivity index (χ0n) is 10.6. The zero-order valence-corrected chi connectivity index (χ0v) is 10.6. The normalized spacial score (nSPS) is 31.2. The van der Waals surface area contributed by atoms with E-state index in [4.69, 9.17) is 4.84 Å². The van der Waals surface area contributed by atoms with Crippen molar-refractivity contribution < 1.29 is 19.2 Å². The number of hydroxylamine groups is 2. The van der Waals surface area contributed by atoms with Gasteiger partial charge in [-0.05, 0) is 25.7 Å². The summed E-state index contributed by atoms with van der Waals surface area (Å²) in [4.78, 5) is 40.4. The lowest BCUT2D eigenvalue weighted by molar-refractivity contribution is -0.195. The summed E-state index contributed by atoms with van der Waals surface area (Å²) in [6.45, 7) is 6.87. The highest BCUT2D eigenvalue weighted by Crippen LogP contribution is 2.41. The first-order valence-corrected chi connectivity index (χ1v) is 6.19. The van der Waals surface area contributed by atoms with Crippen LogP contribution < -0.4 is 0 Å². The van der Waals surface area contributed by atoms with Gasteiger partial charge in [-0.2, -0.15) is 0 Å². The van der Waals surface area contributed by atoms with Crippen molar-refractivity contribution in [2.24, 2.45) is 17.8 Å². The molecule has 1 saturated carbocycles. The van der Waals surface area contributed by atoms with Crippen LogP contribution in [-0.2, 0) is 19.2 Å². The molecule has 5 nitrogen and oxygen atoms in total. The van der Waals surface area contributed by atoms with Crippen LogP contribution in [0.2, 0.25) is 0 Å². The van der Waals surface area contributed by atoms with E-state index >= 15 is 0 Å². The van der Waals surface area contributed by atoms with E-state index in [9.17, 15) is 14.4 Å². The van der Waals surface area contributed by atoms with Crippen LogP contribution in [0.15, 0.2) is 12.2 Å². The summed E-state index contributed by atoms with van der Waals surface area (Å²) in [5.41, 5.74) is 0.165. The van der Waals surface area contributed by atoms with Gasteiger partial charge < -0.3 is 4.84 Å². The number of hydrogen-bond donors (Lipinski definition) is 0. The lowest BCUT2D eigenvalue weighted by Crippen LogP contribution is -2.34. The maximum Gasteiger partial charge on any atom is 0.359 e. The summed E-state index contributed by atoms with van der Waals surface area (Å²) < 4.78 is 0. The highest BCUT2D eigenvalue weighted by molar-refractivity contribution is 6.05. The molecule has 3 unspecified atom stereocenters. The van der Waals surface area contributed by atoms with Crippen molar-refractivity contribution in [1.29, 1.82) is 0 Å². The van der Waals surface area contributed by atoms with Gasteiger partial charge in [-0.15, -0.1) is 5.06 Å². The first-order chi connectivity index (χ1) is 8.43. The minimum atomic E-state index is -0.733. The molecule has 2 fully saturated rings. The van der Waals surface area contributed by atoms with Crippen LogP contribution in [0.5, 0.6) is 0 Å². The molecule has 0 aromatic heterocycles. The SMILES string of the molecule is C=C(C)C(=O)ON1C(=O)C2CCCC(C)C2C1=O. The quantitative estimate of drug-likeness (QED) is 0.550. The molecule has 1 saturated heterocycles. The Morgan fingerprint density at radius 2 is 2.00 bits per heavy atom. The molecule has 18 heavy (non-hydrogen) atoms. The maximum atomic E-state index is 12.1. The summed E-state index contributed by atoms with van der Waals surface area (Å²) >= 11 is 0. The largest absolute Gasteiger partial charge is 0.359 e. The van der Waals surface area contributed by atoms with Crippen LogP contribution in [0.4, 0.5) is 0 Å². The van der Waals surface area contributed by atoms with Gasteiger partial charge in [0.15, 0.2) is 0 Å². The predicted molar refractivity (Wildman–Crippen MR) is 62.8 cm³/mol. The summed E-state index contributed by atoms with van der Waals surface area (Å²) in [6, 6.07) is 0. The Bertz CT molecular complexity index is 429. The van der Waals surface area contributed by atoms with Crippen LogP contribution >= 0.6 is 0 Å². The van der Waals surface area contributed by atoms with E-state index in [0.29, 0.717) is 11.5 Å². The van der Waals surface area contributed by atoms with Gasteiger partial charge in [0.2, 0.25) is 0 Å². The minimum absolute atomic E-state index is 0.161. The van der Waals surface area contributed by atoms with Gasteiger partial charge in [0, 0.05) is 5.57 Å². The molecule has 0 bridgehead atoms. The Balaban J connectivity index is 2.18. The molecule has 1 aliphatic heterocycles. The second-order valence-corrected chi connectivity index (χ2v) is 5.17. The third-order valence-corrected chi connectivity index (χ3v) is 3.75. The Hall–Kier alpha value is -1.65. The van der Waals surface area contributed by atoms with Gasteiger partial charge in [-0.1, -0.05) is 19.9 Å². The number of carbonyl (C=O) groups excluding carboxylic acids is 3. The zero-order chi connectivity index (χ0) is 13.4. The van der Waals surface area contributed by atoms with Gasteiger partial charge in [0.25, 0.3) is 11.8 Å². The lowest BCUT2D eigenvalue weighted by Gasteiger charge is -2.26. The van der Waals surface area contributed by atoms with E-state index in [1.54, 1.807) is 0 Å². The highest BCUT2D eigenvalue weighted by atomic mass is 16.7. The first kappa shape index (κ1) is 12.8. The molecule has 1 aliphatic carbocycles. The topological polar surface area (TPSA) is 63.7 Å². The average molecular weight is 251 g/mol. The molecule has 5 heteroatoms. The third kappa shape index (κ3) is 1.94. The van der Waals surface area contributed by atoms with Crippen molar-refractivity contribution in [1.82, 2.24) is 5.06 Å². The molecule has 3 atom stereocenters. The number of imide groups is 1. The Morgan fingerprint density at radius 1 is 1.33 bits per heavy atom. The van der Waals surface area contributed by atoms with Crippen LogP contribution in [0.1, 0.15) is 33.1 Å². The van der Waals surface area contributed by atoms with Crippen molar-refractivity contribution in [2.45, 2.75) is 33.1 Å². The Kier molecular flexibility index (Phi) is 3.24. The van der Waals surface area contributed by atoms with Gasteiger partial charge in [0.05, 0.1) is 11.8 Å². The molecule has 0 aromatic carbocycles. The Morgan fingerprint density at radius 3 is 2.56 bits per heavy atom. The molecule has 0 radical (unpaired) electrons. The van der Waals surface area contributed by atoms with Crippen molar-refractivity contribution in [3.8, 4) is 0 Å². The summed E-state index contributed by atoms with van der Waals surface area (Å²) in [5, 5.41) is 0.647. The van der Waals surface area contributed by atoms with E-state index in [2.05, 4.69) is 6.58 Å². The number of nitrogens with zero attached hydrogens (tertiary/aromatic N) is 1. The summed E-state index contributed by atoms with van der Waals surface area (Å²) in [6.07, 6.45) is 2.56. The van der Waals surface area contributed by atoms with E-state index in [1.165, 1.54) is 6.92 Å². The van der Waals surface area contributed by atoms with Crippen LogP contribution in [-0.4, -0.2) is 22.8 Å². The molecule has 98 valence electrons. The molecule has 2 amide bonds. The fourth-order valence-electron chi connectivity index (χ4n) is 2.75. The van der Waals surface area contributed by atoms with Crippen LogP contribution in [0.3, 0.4) is 0 Å². The molecule has 2 aliphatic rings. The smallest absolute Gasteiger partial charge is 0.325 e. The minimum Gasteiger partial charge on any atom is -0.325 e. The highest BCUT2D eigenvalue weighted by Gasteiger charge is 2.53. The fraction of sp³-hybridized carbons (Fsp3) is 0.615. The lowest BCUT2D eigenvalue weighted by atomic mass is 9.74. The number of fused-ring (bicyclic) bond motifs is 1. The molecule has 2 rings (SSSR count). The van der Waals surface area contributed by atoms with E-state index in [-0.39, 0.29) is 35.1 Å². The fourth-order valence-corrected chi connectivity index (χ4v) is 2.75.